The summed E-state index contributed by atoms with van der Waals surface area (Å²) in [5.74, 6) is 0.162. The largest absolute Gasteiger partial charge is 0.272 e. The van der Waals surface area contributed by atoms with E-state index in [9.17, 15) is 8.42 Å². The van der Waals surface area contributed by atoms with Crippen molar-refractivity contribution in [3.8, 4) is 0 Å². The van der Waals surface area contributed by atoms with E-state index in [0.29, 0.717) is 11.4 Å². The topological polar surface area (TPSA) is 37.4 Å². The van der Waals surface area contributed by atoms with Crippen LogP contribution in [0.2, 0.25) is 0 Å². The van der Waals surface area contributed by atoms with Crippen molar-refractivity contribution in [1.82, 2.24) is 4.31 Å². The lowest BCUT2D eigenvalue weighted by Gasteiger charge is -2.30. The van der Waals surface area contributed by atoms with Crippen molar-refractivity contribution in [3.05, 3.63) is 54.3 Å². The van der Waals surface area contributed by atoms with Gasteiger partial charge in [0.05, 0.1) is 4.90 Å². The van der Waals surface area contributed by atoms with Gasteiger partial charge in [0, 0.05) is 18.7 Å². The number of benzene rings is 1. The summed E-state index contributed by atoms with van der Waals surface area (Å²) < 4.78 is 25.8. The molecular formula is C12H11NO2S. The second-order valence-electron chi connectivity index (χ2n) is 3.95. The summed E-state index contributed by atoms with van der Waals surface area (Å²) in [4.78, 5) is 0.433. The zero-order valence-corrected chi connectivity index (χ0v) is 9.39. The van der Waals surface area contributed by atoms with Gasteiger partial charge < -0.3 is 0 Å². The monoisotopic (exact) mass is 233 g/mol. The Balaban J connectivity index is 2.32. The fraction of sp³-hybridized carbons (Fsp3) is 0.167. The fourth-order valence-electron chi connectivity index (χ4n) is 2.19. The quantitative estimate of drug-likeness (QED) is 0.686. The predicted octanol–water partition coefficient (Wildman–Crippen LogP) is 1.86. The van der Waals surface area contributed by atoms with E-state index >= 15 is 0 Å². The van der Waals surface area contributed by atoms with Crippen LogP contribution < -0.4 is 0 Å². The summed E-state index contributed by atoms with van der Waals surface area (Å²) >= 11 is 0. The third kappa shape index (κ3) is 1.23. The number of allylic oxidation sites excluding steroid dienone is 2. The van der Waals surface area contributed by atoms with Crippen LogP contribution in [0.5, 0.6) is 0 Å². The van der Waals surface area contributed by atoms with Crippen molar-refractivity contribution in [2.75, 3.05) is 6.54 Å². The fourth-order valence-corrected chi connectivity index (χ4v) is 3.80. The smallest absolute Gasteiger partial charge is 0.264 e. The number of fused-ring (bicyclic) bond motifs is 4. The van der Waals surface area contributed by atoms with Crippen molar-refractivity contribution >= 4 is 10.0 Å². The average Bonchev–Trinajstić information content (AvgIpc) is 2.52. The Bertz CT molecular complexity index is 587. The summed E-state index contributed by atoms with van der Waals surface area (Å²) in [6.07, 6.45) is 7.34. The zero-order chi connectivity index (χ0) is 11.2. The van der Waals surface area contributed by atoms with E-state index in [-0.39, 0.29) is 5.92 Å². The van der Waals surface area contributed by atoms with Crippen molar-refractivity contribution in [2.24, 2.45) is 0 Å². The molecule has 0 fully saturated rings. The molecule has 2 aliphatic heterocycles. The van der Waals surface area contributed by atoms with E-state index < -0.39 is 10.0 Å². The molecule has 0 aromatic heterocycles. The molecule has 1 aromatic rings. The molecule has 0 saturated carbocycles. The van der Waals surface area contributed by atoms with Gasteiger partial charge in [0.15, 0.2) is 0 Å². The van der Waals surface area contributed by atoms with Crippen LogP contribution in [0.15, 0.2) is 53.6 Å². The molecule has 1 unspecified atom stereocenters. The van der Waals surface area contributed by atoms with Crippen LogP contribution in [0.25, 0.3) is 0 Å². The van der Waals surface area contributed by atoms with Crippen LogP contribution in [0.1, 0.15) is 11.5 Å². The highest BCUT2D eigenvalue weighted by Gasteiger charge is 2.34. The van der Waals surface area contributed by atoms with Crippen LogP contribution in [-0.4, -0.2) is 19.3 Å². The van der Waals surface area contributed by atoms with E-state index in [4.69, 9.17) is 0 Å². The molecule has 4 heteroatoms. The van der Waals surface area contributed by atoms with Gasteiger partial charge in [-0.3, -0.25) is 4.31 Å². The minimum atomic E-state index is -3.33. The highest BCUT2D eigenvalue weighted by Crippen LogP contribution is 2.35. The molecular weight excluding hydrogens is 222 g/mol. The van der Waals surface area contributed by atoms with E-state index in [1.165, 1.54) is 4.31 Å². The molecule has 3 nitrogen and oxygen atoms in total. The summed E-state index contributed by atoms with van der Waals surface area (Å²) in [5.41, 5.74) is 0.902. The molecule has 0 spiro atoms. The number of nitrogens with zero attached hydrogens (tertiary/aromatic N) is 1. The van der Waals surface area contributed by atoms with Crippen LogP contribution in [0.4, 0.5) is 0 Å². The summed E-state index contributed by atoms with van der Waals surface area (Å²) in [6, 6.07) is 7.22. The van der Waals surface area contributed by atoms with Gasteiger partial charge in [0.1, 0.15) is 0 Å². The van der Waals surface area contributed by atoms with Crippen molar-refractivity contribution in [3.63, 3.8) is 0 Å². The standard InChI is InChI=1S/C12H11NO2S/c14-16(15)12-7-2-1-6-11(12)10-5-3-4-8-13(16)9-10/h1-8,10H,9H2. The first-order valence-electron chi connectivity index (χ1n) is 5.15. The lowest BCUT2D eigenvalue weighted by atomic mass is 9.98. The molecule has 2 heterocycles. The minimum Gasteiger partial charge on any atom is -0.272 e. The lowest BCUT2D eigenvalue weighted by Crippen LogP contribution is -2.34. The lowest BCUT2D eigenvalue weighted by molar-refractivity contribution is 0.469. The van der Waals surface area contributed by atoms with Gasteiger partial charge in [0.2, 0.25) is 0 Å². The van der Waals surface area contributed by atoms with E-state index in [1.807, 2.05) is 24.3 Å². The summed E-state index contributed by atoms with van der Waals surface area (Å²) in [6.45, 7) is 0.506. The Morgan fingerprint density at radius 3 is 2.88 bits per heavy atom. The Morgan fingerprint density at radius 1 is 1.19 bits per heavy atom. The molecule has 2 bridgehead atoms. The molecule has 0 N–H and O–H groups in total. The number of rotatable bonds is 0. The molecule has 1 atom stereocenters. The zero-order valence-electron chi connectivity index (χ0n) is 8.58. The maximum absolute atomic E-state index is 12.2. The first-order chi connectivity index (χ1) is 7.69. The van der Waals surface area contributed by atoms with Gasteiger partial charge in [-0.1, -0.05) is 30.4 Å². The number of hydrogen-bond donors (Lipinski definition) is 0. The number of sulfonamides is 1. The third-order valence-electron chi connectivity index (χ3n) is 2.99. The van der Waals surface area contributed by atoms with Crippen molar-refractivity contribution in [2.45, 2.75) is 10.8 Å². The van der Waals surface area contributed by atoms with Gasteiger partial charge in [-0.15, -0.1) is 0 Å². The molecule has 16 heavy (non-hydrogen) atoms. The van der Waals surface area contributed by atoms with Gasteiger partial charge >= 0.3 is 0 Å². The van der Waals surface area contributed by atoms with E-state index in [1.54, 1.807) is 24.4 Å². The second kappa shape index (κ2) is 3.22. The maximum Gasteiger partial charge on any atom is 0.264 e. The Hall–Kier alpha value is -1.55. The Labute approximate surface area is 94.8 Å². The molecule has 0 aliphatic carbocycles. The summed E-state index contributed by atoms with van der Waals surface area (Å²) in [5, 5.41) is 0. The molecule has 1 aromatic carbocycles. The van der Waals surface area contributed by atoms with Crippen molar-refractivity contribution < 1.29 is 8.42 Å². The highest BCUT2D eigenvalue weighted by molar-refractivity contribution is 7.89. The molecule has 3 rings (SSSR count). The highest BCUT2D eigenvalue weighted by atomic mass is 32.2. The predicted molar refractivity (Wildman–Crippen MR) is 61.4 cm³/mol. The van der Waals surface area contributed by atoms with Crippen molar-refractivity contribution in [1.29, 1.82) is 0 Å². The van der Waals surface area contributed by atoms with Crippen LogP contribution in [-0.2, 0) is 10.0 Å². The van der Waals surface area contributed by atoms with Gasteiger partial charge in [-0.25, -0.2) is 8.42 Å². The molecule has 82 valence electrons. The van der Waals surface area contributed by atoms with Crippen LogP contribution in [0, 0.1) is 0 Å². The van der Waals surface area contributed by atoms with Gasteiger partial charge in [0.25, 0.3) is 10.0 Å². The minimum absolute atomic E-state index is 0.162. The molecule has 0 saturated heterocycles. The first-order valence-corrected chi connectivity index (χ1v) is 6.59. The van der Waals surface area contributed by atoms with Crippen LogP contribution in [0.3, 0.4) is 0 Å². The Kier molecular flexibility index (Phi) is 1.94. The summed E-state index contributed by atoms with van der Waals surface area (Å²) in [7, 11) is -3.33. The van der Waals surface area contributed by atoms with E-state index in [0.717, 1.165) is 5.56 Å². The SMILES string of the molecule is O=S1(=O)c2ccccc2C2C=CC=CN1C2. The Morgan fingerprint density at radius 2 is 2.00 bits per heavy atom. The maximum atomic E-state index is 12.2. The second-order valence-corrected chi connectivity index (χ2v) is 5.80. The average molecular weight is 233 g/mol. The third-order valence-corrected chi connectivity index (χ3v) is 4.80. The van der Waals surface area contributed by atoms with E-state index in [2.05, 4.69) is 0 Å². The molecule has 2 aliphatic rings. The van der Waals surface area contributed by atoms with Gasteiger partial charge in [-0.2, -0.15) is 0 Å². The molecule has 0 amide bonds. The number of hydrogen-bond acceptors (Lipinski definition) is 2. The van der Waals surface area contributed by atoms with Crippen LogP contribution >= 0.6 is 0 Å². The normalized spacial score (nSPS) is 25.0. The van der Waals surface area contributed by atoms with Gasteiger partial charge in [-0.05, 0) is 17.7 Å². The first kappa shape index (κ1) is 9.66. The molecule has 0 radical (unpaired) electrons.